The van der Waals surface area contributed by atoms with Gasteiger partial charge in [-0.3, -0.25) is 4.48 Å². The molecular weight excluding hydrogens is 238 g/mol. The monoisotopic (exact) mass is 262 g/mol. The van der Waals surface area contributed by atoms with Gasteiger partial charge in [0.05, 0.1) is 19.6 Å². The molecule has 3 nitrogen and oxygen atoms in total. The molecular formula is C16H24NO2+. The van der Waals surface area contributed by atoms with Crippen molar-refractivity contribution in [3.05, 3.63) is 42.0 Å². The standard InChI is InChI=1S/C16H24NO2/c1-4-17(5-2,6-3)14-19-16(18)13-12-15-10-8-7-9-11-15/h7-13H,4-6,14H2,1-3H3/q+1/b13-12+. The summed E-state index contributed by atoms with van der Waals surface area (Å²) in [7, 11) is 0. The van der Waals surface area contributed by atoms with Crippen LogP contribution in [0.2, 0.25) is 0 Å². The largest absolute Gasteiger partial charge is 0.412 e. The Labute approximate surface area is 116 Å². The summed E-state index contributed by atoms with van der Waals surface area (Å²) in [4.78, 5) is 11.7. The van der Waals surface area contributed by atoms with Crippen molar-refractivity contribution in [3.8, 4) is 0 Å². The van der Waals surface area contributed by atoms with Crippen LogP contribution in [0.5, 0.6) is 0 Å². The number of rotatable bonds is 7. The van der Waals surface area contributed by atoms with Crippen LogP contribution in [0.3, 0.4) is 0 Å². The smallest absolute Gasteiger partial charge is 0.335 e. The molecule has 0 saturated carbocycles. The fourth-order valence-electron chi connectivity index (χ4n) is 1.92. The van der Waals surface area contributed by atoms with Gasteiger partial charge in [0.1, 0.15) is 0 Å². The van der Waals surface area contributed by atoms with Gasteiger partial charge in [0.25, 0.3) is 0 Å². The normalized spacial score (nSPS) is 11.7. The van der Waals surface area contributed by atoms with E-state index < -0.39 is 0 Å². The van der Waals surface area contributed by atoms with E-state index in [-0.39, 0.29) is 5.97 Å². The molecule has 0 atom stereocenters. The van der Waals surface area contributed by atoms with Gasteiger partial charge >= 0.3 is 5.97 Å². The predicted octanol–water partition coefficient (Wildman–Crippen LogP) is 3.08. The minimum Gasteiger partial charge on any atom is -0.412 e. The number of esters is 1. The summed E-state index contributed by atoms with van der Waals surface area (Å²) in [6, 6.07) is 9.74. The minimum absolute atomic E-state index is 0.276. The molecule has 19 heavy (non-hydrogen) atoms. The summed E-state index contributed by atoms with van der Waals surface area (Å²) in [5.41, 5.74) is 1.00. The van der Waals surface area contributed by atoms with Crippen LogP contribution in [0, 0.1) is 0 Å². The van der Waals surface area contributed by atoms with E-state index in [0.717, 1.165) is 29.7 Å². The third kappa shape index (κ3) is 4.87. The topological polar surface area (TPSA) is 26.3 Å². The highest BCUT2D eigenvalue weighted by atomic mass is 16.5. The second-order valence-electron chi connectivity index (χ2n) is 4.63. The second-order valence-corrected chi connectivity index (χ2v) is 4.63. The highest BCUT2D eigenvalue weighted by Crippen LogP contribution is 2.07. The van der Waals surface area contributed by atoms with Gasteiger partial charge in [0, 0.05) is 6.08 Å². The maximum absolute atomic E-state index is 11.7. The Bertz CT molecular complexity index is 400. The van der Waals surface area contributed by atoms with Gasteiger partial charge in [-0.05, 0) is 32.4 Å². The van der Waals surface area contributed by atoms with Gasteiger partial charge in [-0.25, -0.2) is 4.79 Å². The quantitative estimate of drug-likeness (QED) is 0.327. The van der Waals surface area contributed by atoms with Gasteiger partial charge in [-0.1, -0.05) is 30.3 Å². The number of carbonyl (C=O) groups excluding carboxylic acids is 1. The minimum atomic E-state index is -0.276. The summed E-state index contributed by atoms with van der Waals surface area (Å²) in [5, 5.41) is 0. The molecule has 0 bridgehead atoms. The Hall–Kier alpha value is -1.61. The molecule has 0 fully saturated rings. The lowest BCUT2D eigenvalue weighted by Gasteiger charge is -2.34. The van der Waals surface area contributed by atoms with E-state index in [0.29, 0.717) is 6.73 Å². The number of hydrogen-bond acceptors (Lipinski definition) is 2. The molecule has 3 heteroatoms. The Balaban J connectivity index is 2.50. The Morgan fingerprint density at radius 1 is 1.11 bits per heavy atom. The van der Waals surface area contributed by atoms with Crippen molar-refractivity contribution in [2.24, 2.45) is 0 Å². The Morgan fingerprint density at radius 3 is 2.21 bits per heavy atom. The molecule has 0 aliphatic carbocycles. The summed E-state index contributed by atoms with van der Waals surface area (Å²) < 4.78 is 6.16. The van der Waals surface area contributed by atoms with Gasteiger partial charge in [-0.2, -0.15) is 0 Å². The van der Waals surface area contributed by atoms with E-state index in [1.54, 1.807) is 6.08 Å². The third-order valence-corrected chi connectivity index (χ3v) is 3.70. The van der Waals surface area contributed by atoms with Gasteiger partial charge in [0.2, 0.25) is 6.73 Å². The Morgan fingerprint density at radius 2 is 1.68 bits per heavy atom. The molecule has 104 valence electrons. The number of benzene rings is 1. The van der Waals surface area contributed by atoms with Crippen molar-refractivity contribution in [1.82, 2.24) is 0 Å². The van der Waals surface area contributed by atoms with Crippen molar-refractivity contribution in [2.75, 3.05) is 26.4 Å². The zero-order valence-corrected chi connectivity index (χ0v) is 12.1. The average Bonchev–Trinajstić information content (AvgIpc) is 2.48. The van der Waals surface area contributed by atoms with Crippen LogP contribution in [0.25, 0.3) is 6.08 Å². The highest BCUT2D eigenvalue weighted by molar-refractivity contribution is 5.86. The van der Waals surface area contributed by atoms with E-state index in [1.807, 2.05) is 30.3 Å². The lowest BCUT2D eigenvalue weighted by molar-refractivity contribution is -0.938. The van der Waals surface area contributed by atoms with Crippen LogP contribution in [0.15, 0.2) is 36.4 Å². The van der Waals surface area contributed by atoms with Crippen LogP contribution >= 0.6 is 0 Å². The summed E-state index contributed by atoms with van der Waals surface area (Å²) in [6.07, 6.45) is 3.27. The van der Waals surface area contributed by atoms with E-state index in [9.17, 15) is 4.79 Å². The van der Waals surface area contributed by atoms with Gasteiger partial charge < -0.3 is 4.74 Å². The summed E-state index contributed by atoms with van der Waals surface area (Å²) in [6.45, 7) is 9.75. The molecule has 0 aliphatic rings. The van der Waals surface area contributed by atoms with Crippen molar-refractivity contribution >= 4 is 12.0 Å². The van der Waals surface area contributed by atoms with E-state index >= 15 is 0 Å². The molecule has 1 aromatic rings. The molecule has 0 aromatic heterocycles. The molecule has 0 spiro atoms. The summed E-state index contributed by atoms with van der Waals surface area (Å²) in [5.74, 6) is -0.276. The number of hydrogen-bond donors (Lipinski definition) is 0. The number of carbonyl (C=O) groups is 1. The molecule has 0 aliphatic heterocycles. The predicted molar refractivity (Wildman–Crippen MR) is 78.3 cm³/mol. The van der Waals surface area contributed by atoms with Crippen LogP contribution in [0.4, 0.5) is 0 Å². The molecule has 1 aromatic carbocycles. The number of quaternary nitrogens is 1. The van der Waals surface area contributed by atoms with E-state index in [1.165, 1.54) is 6.08 Å². The van der Waals surface area contributed by atoms with Crippen LogP contribution in [-0.2, 0) is 9.53 Å². The van der Waals surface area contributed by atoms with E-state index in [2.05, 4.69) is 20.8 Å². The molecule has 0 unspecified atom stereocenters. The average molecular weight is 262 g/mol. The highest BCUT2D eigenvalue weighted by Gasteiger charge is 2.21. The lowest BCUT2D eigenvalue weighted by atomic mass is 10.2. The van der Waals surface area contributed by atoms with Crippen LogP contribution in [-0.4, -0.2) is 36.8 Å². The number of ether oxygens (including phenoxy) is 1. The molecule has 0 saturated heterocycles. The SMILES string of the molecule is CC[N+](CC)(CC)COC(=O)/C=C/c1ccccc1. The maximum Gasteiger partial charge on any atom is 0.335 e. The summed E-state index contributed by atoms with van der Waals surface area (Å²) >= 11 is 0. The van der Waals surface area contributed by atoms with E-state index in [4.69, 9.17) is 4.74 Å². The van der Waals surface area contributed by atoms with Gasteiger partial charge in [0.15, 0.2) is 0 Å². The molecule has 0 heterocycles. The zero-order valence-electron chi connectivity index (χ0n) is 12.1. The van der Waals surface area contributed by atoms with Crippen LogP contribution in [0.1, 0.15) is 26.3 Å². The molecule has 0 radical (unpaired) electrons. The van der Waals surface area contributed by atoms with Crippen molar-refractivity contribution in [3.63, 3.8) is 0 Å². The fraction of sp³-hybridized carbons (Fsp3) is 0.438. The maximum atomic E-state index is 11.7. The first-order valence-corrected chi connectivity index (χ1v) is 6.90. The zero-order chi connectivity index (χ0) is 14.1. The van der Waals surface area contributed by atoms with Crippen molar-refractivity contribution in [1.29, 1.82) is 0 Å². The first-order chi connectivity index (χ1) is 9.15. The molecule has 0 amide bonds. The van der Waals surface area contributed by atoms with Gasteiger partial charge in [-0.15, -0.1) is 0 Å². The lowest BCUT2D eigenvalue weighted by Crippen LogP contribution is -2.49. The van der Waals surface area contributed by atoms with Crippen molar-refractivity contribution in [2.45, 2.75) is 20.8 Å². The fourth-order valence-corrected chi connectivity index (χ4v) is 1.92. The Kier molecular flexibility index (Phi) is 6.30. The first-order valence-electron chi connectivity index (χ1n) is 6.90. The second kappa shape index (κ2) is 7.74. The first kappa shape index (κ1) is 15.4. The van der Waals surface area contributed by atoms with Crippen LogP contribution < -0.4 is 0 Å². The van der Waals surface area contributed by atoms with Crippen molar-refractivity contribution < 1.29 is 14.0 Å². The molecule has 0 N–H and O–H groups in total. The number of nitrogens with zero attached hydrogens (tertiary/aromatic N) is 1. The third-order valence-electron chi connectivity index (χ3n) is 3.70. The molecule has 1 rings (SSSR count).